The molecule has 5 heteroatoms. The molecule has 1 aliphatic carbocycles. The number of nitrogens with one attached hydrogen (secondary N) is 2. The van der Waals surface area contributed by atoms with Crippen molar-refractivity contribution in [3.8, 4) is 0 Å². The van der Waals surface area contributed by atoms with Gasteiger partial charge in [0.05, 0.1) is 0 Å². The van der Waals surface area contributed by atoms with Gasteiger partial charge in [-0.15, -0.1) is 6.42 Å². The third-order valence-electron chi connectivity index (χ3n) is 4.02. The van der Waals surface area contributed by atoms with Gasteiger partial charge in [0.25, 0.3) is 0 Å². The van der Waals surface area contributed by atoms with Crippen LogP contribution in [0.2, 0.25) is 0 Å². The molecule has 2 amide bonds. The van der Waals surface area contributed by atoms with Crippen molar-refractivity contribution in [3.63, 3.8) is 0 Å². The number of rotatable bonds is 4. The number of carbonyl (C=O) groups excluding carboxylic acids is 2. The first-order valence-corrected chi connectivity index (χ1v) is 6.80. The van der Waals surface area contributed by atoms with Crippen molar-refractivity contribution in [3.05, 3.63) is 20.9 Å². The normalized spacial score (nSPS) is 20.1. The van der Waals surface area contributed by atoms with E-state index in [-0.39, 0.29) is 59.8 Å². The van der Waals surface area contributed by atoms with Gasteiger partial charge in [-0.2, -0.15) is 6.42 Å². The van der Waals surface area contributed by atoms with E-state index in [2.05, 4.69) is 24.5 Å². The summed E-state index contributed by atoms with van der Waals surface area (Å²) in [5, 5.41) is 5.93. The molecule has 1 saturated carbocycles. The van der Waals surface area contributed by atoms with Crippen LogP contribution in [0.4, 0.5) is 0 Å². The quantitative estimate of drug-likeness (QED) is 0.614. The van der Waals surface area contributed by atoms with Gasteiger partial charge in [-0.3, -0.25) is 9.59 Å². The molecular weight excluding hydrogens is 300 g/mol. The molecule has 1 radical (unpaired) electrons. The van der Waals surface area contributed by atoms with Gasteiger partial charge in [0.15, 0.2) is 5.91 Å². The van der Waals surface area contributed by atoms with Crippen LogP contribution in [-0.2, 0) is 31.3 Å². The SMILES string of the molecule is CCC1(CC)C[C-](NC(C)=O)CC(NC(C)=O)C1.[CH3-].[CH3-].[Ti+3]. The third kappa shape index (κ3) is 8.01. The van der Waals surface area contributed by atoms with Gasteiger partial charge in [0.2, 0.25) is 5.91 Å². The van der Waals surface area contributed by atoms with E-state index in [0.29, 0.717) is 0 Å². The summed E-state index contributed by atoms with van der Waals surface area (Å²) in [6, 6.07) is 1.22. The predicted octanol–water partition coefficient (Wildman–Crippen LogP) is 3.05. The molecule has 1 rings (SSSR count). The molecule has 0 bridgehead atoms. The van der Waals surface area contributed by atoms with Crippen molar-refractivity contribution in [2.75, 3.05) is 0 Å². The molecule has 0 aliphatic heterocycles. The van der Waals surface area contributed by atoms with Crippen molar-refractivity contribution in [2.45, 2.75) is 65.8 Å². The van der Waals surface area contributed by atoms with E-state index in [1.165, 1.54) is 6.92 Å². The number of hydrogen-bond donors (Lipinski definition) is 2. The maximum Gasteiger partial charge on any atom is 3.00 e. The Balaban J connectivity index is -0.00000108. The molecule has 0 saturated heterocycles. The Labute approximate surface area is 146 Å². The minimum absolute atomic E-state index is 0. The zero-order chi connectivity index (χ0) is 13.8. The van der Waals surface area contributed by atoms with Crippen LogP contribution in [0.1, 0.15) is 59.8 Å². The van der Waals surface area contributed by atoms with Crippen molar-refractivity contribution < 1.29 is 31.3 Å². The van der Waals surface area contributed by atoms with Crippen LogP contribution in [0, 0.1) is 26.3 Å². The van der Waals surface area contributed by atoms with E-state index in [1.807, 2.05) is 0 Å². The zero-order valence-corrected chi connectivity index (χ0v) is 16.0. The van der Waals surface area contributed by atoms with E-state index >= 15 is 0 Å². The first-order valence-electron chi connectivity index (χ1n) is 6.80. The summed E-state index contributed by atoms with van der Waals surface area (Å²) in [6.07, 6.45) is 4.85. The van der Waals surface area contributed by atoms with Gasteiger partial charge in [0.1, 0.15) is 0 Å². The topological polar surface area (TPSA) is 58.2 Å². The smallest absolute Gasteiger partial charge is 0.503 e. The van der Waals surface area contributed by atoms with E-state index < -0.39 is 0 Å². The van der Waals surface area contributed by atoms with E-state index in [9.17, 15) is 9.59 Å². The van der Waals surface area contributed by atoms with Gasteiger partial charge >= 0.3 is 21.7 Å². The molecule has 0 spiro atoms. The fourth-order valence-electron chi connectivity index (χ4n) is 3.01. The standard InChI is InChI=1S/C14H25N2O2.2CH3.Ti/c1-5-14(6-2)8-12(15-10(3)17)7-13(9-14)16-11(4)18;;;/h12H,5-9H2,1-4H3,(H,15,17)(H,16,18);2*1H3;/q3*-1;+3. The van der Waals surface area contributed by atoms with Gasteiger partial charge in [-0.05, 0) is 6.42 Å². The molecule has 1 aliphatic rings. The maximum atomic E-state index is 11.2. The first kappa shape index (κ1) is 25.6. The Hall–Kier alpha value is -0.346. The summed E-state index contributed by atoms with van der Waals surface area (Å²) in [4.78, 5) is 22.4. The molecule has 1 fully saturated rings. The monoisotopic (exact) mass is 331 g/mol. The van der Waals surface area contributed by atoms with Crippen LogP contribution < -0.4 is 10.6 Å². The fourth-order valence-corrected chi connectivity index (χ4v) is 3.01. The van der Waals surface area contributed by atoms with Crippen molar-refractivity contribution >= 4 is 11.8 Å². The molecule has 121 valence electrons. The van der Waals surface area contributed by atoms with Crippen LogP contribution in [-0.4, -0.2) is 17.9 Å². The summed E-state index contributed by atoms with van der Waals surface area (Å²) < 4.78 is 0. The molecule has 1 unspecified atom stereocenters. The minimum Gasteiger partial charge on any atom is -0.503 e. The number of hydrogen-bond acceptors (Lipinski definition) is 2. The van der Waals surface area contributed by atoms with E-state index in [4.69, 9.17) is 0 Å². The summed E-state index contributed by atoms with van der Waals surface area (Å²) >= 11 is 0. The molecular formula is C16H31N2O2Ti. The van der Waals surface area contributed by atoms with Crippen LogP contribution in [0.25, 0.3) is 0 Å². The van der Waals surface area contributed by atoms with Crippen molar-refractivity contribution in [1.29, 1.82) is 0 Å². The molecule has 21 heavy (non-hydrogen) atoms. The fraction of sp³-hybridized carbons (Fsp3) is 0.688. The largest absolute Gasteiger partial charge is 3.00 e. The molecule has 2 N–H and O–H groups in total. The second-order valence-electron chi connectivity index (χ2n) is 5.47. The Morgan fingerprint density at radius 1 is 1.14 bits per heavy atom. The van der Waals surface area contributed by atoms with Gasteiger partial charge < -0.3 is 25.5 Å². The van der Waals surface area contributed by atoms with Crippen LogP contribution in [0.5, 0.6) is 0 Å². The summed E-state index contributed by atoms with van der Waals surface area (Å²) in [5.74, 6) is -0.0141. The Bertz CT molecular complexity index is 291. The summed E-state index contributed by atoms with van der Waals surface area (Å²) in [5.41, 5.74) is 0.211. The summed E-state index contributed by atoms with van der Waals surface area (Å²) in [6.45, 7) is 7.46. The zero-order valence-electron chi connectivity index (χ0n) is 14.4. The average molecular weight is 331 g/mol. The van der Waals surface area contributed by atoms with Crippen LogP contribution in [0.15, 0.2) is 0 Å². The van der Waals surface area contributed by atoms with E-state index in [0.717, 1.165) is 38.1 Å². The second-order valence-corrected chi connectivity index (χ2v) is 5.47. The van der Waals surface area contributed by atoms with Gasteiger partial charge in [-0.1, -0.05) is 32.1 Å². The predicted molar refractivity (Wildman–Crippen MR) is 84.4 cm³/mol. The molecule has 0 aromatic rings. The molecule has 0 aromatic carbocycles. The molecule has 1 atom stereocenters. The van der Waals surface area contributed by atoms with Crippen molar-refractivity contribution in [1.82, 2.24) is 10.6 Å². The van der Waals surface area contributed by atoms with Crippen molar-refractivity contribution in [2.24, 2.45) is 5.41 Å². The minimum atomic E-state index is -0.0189. The molecule has 0 aromatic heterocycles. The van der Waals surface area contributed by atoms with Gasteiger partial charge in [0, 0.05) is 19.9 Å². The molecule has 0 heterocycles. The second kappa shape index (κ2) is 11.3. The first-order chi connectivity index (χ1) is 8.40. The number of carbonyl (C=O) groups is 2. The third-order valence-corrected chi connectivity index (χ3v) is 4.02. The maximum absolute atomic E-state index is 11.2. The Kier molecular flexibility index (Phi) is 13.7. The van der Waals surface area contributed by atoms with E-state index in [1.54, 1.807) is 6.92 Å². The Morgan fingerprint density at radius 3 is 2.05 bits per heavy atom. The number of amides is 2. The summed E-state index contributed by atoms with van der Waals surface area (Å²) in [7, 11) is 0. The van der Waals surface area contributed by atoms with Crippen LogP contribution in [0.3, 0.4) is 0 Å². The van der Waals surface area contributed by atoms with Gasteiger partial charge in [-0.25, -0.2) is 6.04 Å². The molecule has 4 nitrogen and oxygen atoms in total. The van der Waals surface area contributed by atoms with Crippen LogP contribution >= 0.6 is 0 Å². The average Bonchev–Trinajstić information content (AvgIpc) is 2.26. The Morgan fingerprint density at radius 2 is 1.67 bits per heavy atom.